The summed E-state index contributed by atoms with van der Waals surface area (Å²) in [7, 11) is 0. The van der Waals surface area contributed by atoms with E-state index in [1.54, 1.807) is 6.07 Å². The standard InChI is InChI=1S/C27H26ClN3O2/c1-19-18-20(10-11-24(19)31-17-14-29-23-8-4-5-9-25(23)31)26(32)30-15-12-27(33,13-16-30)21-6-2-3-7-22(21)28/h2-11,14,18,33H,12-13,15-17H2,1H3. The Morgan fingerprint density at radius 2 is 1.73 bits per heavy atom. The Labute approximate surface area is 198 Å². The van der Waals surface area contributed by atoms with Crippen molar-refractivity contribution in [2.24, 2.45) is 4.99 Å². The number of carbonyl (C=O) groups excluding carboxylic acids is 1. The number of aryl methyl sites for hydroxylation is 1. The number of piperidine rings is 1. The molecule has 0 aliphatic carbocycles. The minimum Gasteiger partial charge on any atom is -0.385 e. The molecule has 0 saturated carbocycles. The van der Waals surface area contributed by atoms with Gasteiger partial charge in [0.05, 0.1) is 23.5 Å². The molecule has 0 aromatic heterocycles. The molecule has 0 unspecified atom stereocenters. The zero-order valence-corrected chi connectivity index (χ0v) is 19.3. The van der Waals surface area contributed by atoms with Crippen LogP contribution in [0.15, 0.2) is 71.7 Å². The lowest BCUT2D eigenvalue weighted by molar-refractivity contribution is -0.0210. The van der Waals surface area contributed by atoms with Gasteiger partial charge >= 0.3 is 0 Å². The van der Waals surface area contributed by atoms with E-state index in [0.717, 1.165) is 28.2 Å². The van der Waals surface area contributed by atoms with E-state index in [1.165, 1.54) is 0 Å². The lowest BCUT2D eigenvalue weighted by Crippen LogP contribution is -2.45. The molecule has 5 rings (SSSR count). The Hall–Kier alpha value is -3.15. The van der Waals surface area contributed by atoms with Crippen LogP contribution in [0, 0.1) is 6.92 Å². The van der Waals surface area contributed by atoms with E-state index in [2.05, 4.69) is 16.0 Å². The largest absolute Gasteiger partial charge is 0.385 e. The van der Waals surface area contributed by atoms with Crippen molar-refractivity contribution in [1.82, 2.24) is 4.90 Å². The fourth-order valence-corrected chi connectivity index (χ4v) is 5.12. The fraction of sp³-hybridized carbons (Fsp3) is 0.259. The van der Waals surface area contributed by atoms with Gasteiger partial charge in [0.1, 0.15) is 0 Å². The summed E-state index contributed by atoms with van der Waals surface area (Å²) in [5, 5.41) is 11.7. The number of fused-ring (bicyclic) bond motifs is 1. The van der Waals surface area contributed by atoms with Gasteiger partial charge in [0.25, 0.3) is 5.91 Å². The lowest BCUT2D eigenvalue weighted by Gasteiger charge is -2.39. The monoisotopic (exact) mass is 459 g/mol. The van der Waals surface area contributed by atoms with Gasteiger partial charge in [0, 0.05) is 41.1 Å². The minimum atomic E-state index is -1.00. The zero-order valence-electron chi connectivity index (χ0n) is 18.5. The van der Waals surface area contributed by atoms with E-state index < -0.39 is 5.60 Å². The topological polar surface area (TPSA) is 56.1 Å². The second-order valence-corrected chi connectivity index (χ2v) is 9.12. The summed E-state index contributed by atoms with van der Waals surface area (Å²) in [4.78, 5) is 21.8. The van der Waals surface area contributed by atoms with Crippen LogP contribution in [0.3, 0.4) is 0 Å². The summed E-state index contributed by atoms with van der Waals surface area (Å²) in [5.74, 6) is -0.00790. The number of aliphatic imine (C=N–C) groups is 1. The van der Waals surface area contributed by atoms with Gasteiger partial charge in [0.2, 0.25) is 0 Å². The third-order valence-corrected chi connectivity index (χ3v) is 6.98. The van der Waals surface area contributed by atoms with Gasteiger partial charge in [-0.2, -0.15) is 0 Å². The Morgan fingerprint density at radius 3 is 2.48 bits per heavy atom. The average Bonchev–Trinajstić information content (AvgIpc) is 2.84. The summed E-state index contributed by atoms with van der Waals surface area (Å²) < 4.78 is 0. The van der Waals surface area contributed by atoms with Gasteiger partial charge in [-0.15, -0.1) is 0 Å². The number of hydrogen-bond acceptors (Lipinski definition) is 4. The van der Waals surface area contributed by atoms with E-state index in [0.29, 0.717) is 43.1 Å². The molecule has 5 nitrogen and oxygen atoms in total. The van der Waals surface area contributed by atoms with E-state index in [-0.39, 0.29) is 5.91 Å². The van der Waals surface area contributed by atoms with Crippen LogP contribution in [0.4, 0.5) is 17.1 Å². The number of carbonyl (C=O) groups is 1. The second-order valence-electron chi connectivity index (χ2n) is 8.72. The zero-order chi connectivity index (χ0) is 23.0. The van der Waals surface area contributed by atoms with Crippen LogP contribution in [0.2, 0.25) is 5.02 Å². The van der Waals surface area contributed by atoms with E-state index in [4.69, 9.17) is 11.6 Å². The van der Waals surface area contributed by atoms with Crippen LogP contribution in [-0.4, -0.2) is 41.8 Å². The first kappa shape index (κ1) is 21.7. The number of rotatable bonds is 3. The first-order valence-corrected chi connectivity index (χ1v) is 11.6. The predicted molar refractivity (Wildman–Crippen MR) is 133 cm³/mol. The number of benzene rings is 3. The third kappa shape index (κ3) is 4.03. The van der Waals surface area contributed by atoms with Crippen LogP contribution in [0.1, 0.15) is 34.3 Å². The van der Waals surface area contributed by atoms with Gasteiger partial charge in [-0.1, -0.05) is 41.9 Å². The second kappa shape index (κ2) is 8.65. The molecule has 1 amide bonds. The van der Waals surface area contributed by atoms with Gasteiger partial charge < -0.3 is 14.9 Å². The number of halogens is 1. The maximum Gasteiger partial charge on any atom is 0.253 e. The van der Waals surface area contributed by atoms with Crippen molar-refractivity contribution in [2.75, 3.05) is 24.5 Å². The Bertz CT molecular complexity index is 1230. The molecule has 2 aliphatic heterocycles. The van der Waals surface area contributed by atoms with Crippen LogP contribution < -0.4 is 4.90 Å². The van der Waals surface area contributed by atoms with Crippen molar-refractivity contribution in [3.8, 4) is 0 Å². The number of para-hydroxylation sites is 2. The van der Waals surface area contributed by atoms with Gasteiger partial charge in [-0.25, -0.2) is 0 Å². The number of hydrogen-bond donors (Lipinski definition) is 1. The molecule has 1 saturated heterocycles. The molecule has 3 aromatic rings. The van der Waals surface area contributed by atoms with Crippen molar-refractivity contribution >= 4 is 40.8 Å². The van der Waals surface area contributed by atoms with E-state index in [1.807, 2.05) is 72.6 Å². The fourth-order valence-electron chi connectivity index (χ4n) is 4.81. The van der Waals surface area contributed by atoms with Gasteiger partial charge in [-0.3, -0.25) is 9.79 Å². The highest BCUT2D eigenvalue weighted by Crippen LogP contribution is 2.39. The summed E-state index contributed by atoms with van der Waals surface area (Å²) >= 11 is 6.32. The molecule has 2 heterocycles. The van der Waals surface area contributed by atoms with Crippen LogP contribution in [-0.2, 0) is 5.60 Å². The molecule has 0 spiro atoms. The number of amides is 1. The van der Waals surface area contributed by atoms with Gasteiger partial charge in [0.15, 0.2) is 0 Å². The molecule has 6 heteroatoms. The summed E-state index contributed by atoms with van der Waals surface area (Å²) in [6.07, 6.45) is 2.83. The van der Waals surface area contributed by atoms with E-state index in [9.17, 15) is 9.90 Å². The minimum absolute atomic E-state index is 0.00790. The first-order chi connectivity index (χ1) is 16.0. The SMILES string of the molecule is Cc1cc(C(=O)N2CCC(O)(c3ccccc3Cl)CC2)ccc1N1CC=Nc2ccccc21. The lowest BCUT2D eigenvalue weighted by atomic mass is 9.84. The number of aliphatic hydroxyl groups is 1. The van der Waals surface area contributed by atoms with Crippen molar-refractivity contribution in [3.63, 3.8) is 0 Å². The molecule has 0 radical (unpaired) electrons. The molecule has 168 valence electrons. The Morgan fingerprint density at radius 1 is 1.00 bits per heavy atom. The molecule has 1 N–H and O–H groups in total. The normalized spacial score (nSPS) is 17.1. The van der Waals surface area contributed by atoms with E-state index >= 15 is 0 Å². The molecule has 0 atom stereocenters. The Kier molecular flexibility index (Phi) is 5.69. The van der Waals surface area contributed by atoms with Gasteiger partial charge in [-0.05, 0) is 61.7 Å². The Balaban J connectivity index is 1.32. The molecule has 33 heavy (non-hydrogen) atoms. The van der Waals surface area contributed by atoms with Crippen LogP contribution in [0.5, 0.6) is 0 Å². The highest BCUT2D eigenvalue weighted by molar-refractivity contribution is 6.31. The predicted octanol–water partition coefficient (Wildman–Crippen LogP) is 5.63. The van der Waals surface area contributed by atoms with Crippen molar-refractivity contribution < 1.29 is 9.90 Å². The highest BCUT2D eigenvalue weighted by Gasteiger charge is 2.37. The summed E-state index contributed by atoms with van der Waals surface area (Å²) in [6.45, 7) is 3.69. The maximum absolute atomic E-state index is 13.2. The number of nitrogens with zero attached hydrogens (tertiary/aromatic N) is 3. The highest BCUT2D eigenvalue weighted by atomic mass is 35.5. The van der Waals surface area contributed by atoms with Crippen molar-refractivity contribution in [3.05, 3.63) is 88.4 Å². The molecule has 1 fully saturated rings. The van der Waals surface area contributed by atoms with Crippen molar-refractivity contribution in [2.45, 2.75) is 25.4 Å². The van der Waals surface area contributed by atoms with Crippen LogP contribution >= 0.6 is 11.6 Å². The summed E-state index contributed by atoms with van der Waals surface area (Å²) in [6, 6.07) is 21.3. The molecule has 0 bridgehead atoms. The van der Waals surface area contributed by atoms with Crippen LogP contribution in [0.25, 0.3) is 0 Å². The smallest absolute Gasteiger partial charge is 0.253 e. The number of likely N-dealkylation sites (tertiary alicyclic amines) is 1. The average molecular weight is 460 g/mol. The first-order valence-electron chi connectivity index (χ1n) is 11.2. The molecular weight excluding hydrogens is 434 g/mol. The third-order valence-electron chi connectivity index (χ3n) is 6.65. The maximum atomic E-state index is 13.2. The molecule has 3 aromatic carbocycles. The quantitative estimate of drug-likeness (QED) is 0.552. The molecule has 2 aliphatic rings. The molecular formula is C27H26ClN3O2. The number of anilines is 2. The van der Waals surface area contributed by atoms with Crippen molar-refractivity contribution in [1.29, 1.82) is 0 Å². The summed E-state index contributed by atoms with van der Waals surface area (Å²) in [5.41, 5.74) is 4.52.